The summed E-state index contributed by atoms with van der Waals surface area (Å²) in [6.07, 6.45) is 1.26. The number of hydrogen-bond acceptors (Lipinski definition) is 4. The van der Waals surface area contributed by atoms with Crippen LogP contribution in [0, 0.1) is 5.41 Å². The molecular formula is C18H28Cl2N4O. The lowest BCUT2D eigenvalue weighted by molar-refractivity contribution is -0.117. The van der Waals surface area contributed by atoms with E-state index in [0.717, 1.165) is 51.5 Å². The Morgan fingerprint density at radius 1 is 1.20 bits per heavy atom. The molecule has 1 unspecified atom stereocenters. The lowest BCUT2D eigenvalue weighted by Gasteiger charge is -2.38. The van der Waals surface area contributed by atoms with Crippen molar-refractivity contribution in [3.63, 3.8) is 0 Å². The van der Waals surface area contributed by atoms with Gasteiger partial charge in [-0.3, -0.25) is 9.69 Å². The zero-order valence-corrected chi connectivity index (χ0v) is 16.3. The molecule has 2 aliphatic rings. The zero-order valence-electron chi connectivity index (χ0n) is 14.8. The molecule has 3 rings (SSSR count). The molecule has 1 aromatic rings. The van der Waals surface area contributed by atoms with Gasteiger partial charge in [0.1, 0.15) is 0 Å². The Morgan fingerprint density at radius 3 is 2.44 bits per heavy atom. The average molecular weight is 387 g/mol. The lowest BCUT2D eigenvalue weighted by Crippen LogP contribution is -2.51. The van der Waals surface area contributed by atoms with Gasteiger partial charge in [-0.1, -0.05) is 18.5 Å². The average Bonchev–Trinajstić information content (AvgIpc) is 2.98. The maximum Gasteiger partial charge on any atom is 0.238 e. The molecule has 2 fully saturated rings. The van der Waals surface area contributed by atoms with E-state index in [-0.39, 0.29) is 18.3 Å². The van der Waals surface area contributed by atoms with Crippen LogP contribution in [0.4, 0.5) is 5.69 Å². The minimum atomic E-state index is 0. The fourth-order valence-corrected chi connectivity index (χ4v) is 3.71. The van der Waals surface area contributed by atoms with E-state index in [4.69, 9.17) is 11.6 Å². The fraction of sp³-hybridized carbons (Fsp3) is 0.611. The van der Waals surface area contributed by atoms with E-state index in [1.807, 2.05) is 12.1 Å². The number of carbonyl (C=O) groups excluding carboxylic acids is 1. The van der Waals surface area contributed by atoms with Gasteiger partial charge in [-0.15, -0.1) is 12.4 Å². The Bertz CT molecular complexity index is 553. The summed E-state index contributed by atoms with van der Waals surface area (Å²) in [7, 11) is 0. The summed E-state index contributed by atoms with van der Waals surface area (Å²) in [4.78, 5) is 16.9. The van der Waals surface area contributed by atoms with Crippen molar-refractivity contribution in [3.8, 4) is 0 Å². The Balaban J connectivity index is 0.00000225. The SMILES string of the molecule is CC1(CN2CCN(CC(=O)Nc3ccc(Cl)cc3)CC2)CCNC1.Cl. The van der Waals surface area contributed by atoms with Crippen molar-refractivity contribution in [2.75, 3.05) is 57.7 Å². The molecule has 7 heteroatoms. The molecule has 2 aliphatic heterocycles. The van der Waals surface area contributed by atoms with Crippen LogP contribution in [0.5, 0.6) is 0 Å². The smallest absolute Gasteiger partial charge is 0.238 e. The summed E-state index contributed by atoms with van der Waals surface area (Å²) in [6, 6.07) is 7.23. The molecule has 0 aliphatic carbocycles. The number of rotatable bonds is 5. The molecule has 0 aromatic heterocycles. The number of piperazine rings is 1. The Kier molecular flexibility index (Phi) is 7.52. The van der Waals surface area contributed by atoms with Gasteiger partial charge in [0.25, 0.3) is 0 Å². The van der Waals surface area contributed by atoms with Crippen LogP contribution in [0.15, 0.2) is 24.3 Å². The highest BCUT2D eigenvalue weighted by Crippen LogP contribution is 2.26. The summed E-state index contributed by atoms with van der Waals surface area (Å²) >= 11 is 5.86. The molecule has 1 amide bonds. The van der Waals surface area contributed by atoms with Crippen molar-refractivity contribution in [2.24, 2.45) is 5.41 Å². The van der Waals surface area contributed by atoms with Crippen LogP contribution in [-0.2, 0) is 4.79 Å². The van der Waals surface area contributed by atoms with Crippen molar-refractivity contribution in [1.82, 2.24) is 15.1 Å². The Hall–Kier alpha value is -0.850. The number of anilines is 1. The first kappa shape index (κ1) is 20.5. The molecule has 1 atom stereocenters. The van der Waals surface area contributed by atoms with Crippen LogP contribution in [0.2, 0.25) is 5.02 Å². The van der Waals surface area contributed by atoms with Gasteiger partial charge in [0, 0.05) is 50.0 Å². The third-order valence-electron chi connectivity index (χ3n) is 5.02. The standard InChI is InChI=1S/C18H27ClN4O.ClH/c1-18(6-7-20-13-18)14-23-10-8-22(9-11-23)12-17(24)21-16-4-2-15(19)3-5-16;/h2-5,20H,6-14H2,1H3,(H,21,24);1H. The van der Waals surface area contributed by atoms with Gasteiger partial charge in [-0.05, 0) is 42.6 Å². The molecule has 2 heterocycles. The molecule has 0 radical (unpaired) electrons. The number of nitrogens with one attached hydrogen (secondary N) is 2. The first-order chi connectivity index (χ1) is 11.5. The molecule has 0 saturated carbocycles. The van der Waals surface area contributed by atoms with Gasteiger partial charge < -0.3 is 15.5 Å². The van der Waals surface area contributed by atoms with Crippen molar-refractivity contribution in [3.05, 3.63) is 29.3 Å². The van der Waals surface area contributed by atoms with E-state index in [9.17, 15) is 4.79 Å². The quantitative estimate of drug-likeness (QED) is 0.814. The van der Waals surface area contributed by atoms with Crippen LogP contribution in [-0.4, -0.2) is 68.1 Å². The molecule has 5 nitrogen and oxygen atoms in total. The van der Waals surface area contributed by atoms with Crippen molar-refractivity contribution in [1.29, 1.82) is 0 Å². The van der Waals surface area contributed by atoms with Crippen molar-refractivity contribution >= 4 is 35.6 Å². The minimum Gasteiger partial charge on any atom is -0.325 e. The molecule has 1 aromatic carbocycles. The topological polar surface area (TPSA) is 47.6 Å². The van der Waals surface area contributed by atoms with Gasteiger partial charge >= 0.3 is 0 Å². The minimum absolute atomic E-state index is 0. The zero-order chi connectivity index (χ0) is 17.0. The molecule has 0 spiro atoms. The first-order valence-electron chi connectivity index (χ1n) is 8.73. The van der Waals surface area contributed by atoms with Crippen molar-refractivity contribution in [2.45, 2.75) is 13.3 Å². The van der Waals surface area contributed by atoms with Gasteiger partial charge in [-0.2, -0.15) is 0 Å². The van der Waals surface area contributed by atoms with Crippen LogP contribution in [0.3, 0.4) is 0 Å². The Labute approximate surface area is 161 Å². The number of benzene rings is 1. The van der Waals surface area contributed by atoms with Crippen LogP contribution >= 0.6 is 24.0 Å². The number of hydrogen-bond donors (Lipinski definition) is 2. The second-order valence-corrected chi connectivity index (χ2v) is 7.78. The highest BCUT2D eigenvalue weighted by atomic mass is 35.5. The predicted octanol–water partition coefficient (Wildman–Crippen LogP) is 2.32. The highest BCUT2D eigenvalue weighted by Gasteiger charge is 2.31. The lowest BCUT2D eigenvalue weighted by atomic mass is 9.89. The first-order valence-corrected chi connectivity index (χ1v) is 9.11. The summed E-state index contributed by atoms with van der Waals surface area (Å²) in [6.45, 7) is 10.2. The number of nitrogens with zero attached hydrogens (tertiary/aromatic N) is 2. The van der Waals surface area contributed by atoms with Gasteiger partial charge in [0.2, 0.25) is 5.91 Å². The van der Waals surface area contributed by atoms with E-state index in [0.29, 0.717) is 17.0 Å². The molecule has 25 heavy (non-hydrogen) atoms. The summed E-state index contributed by atoms with van der Waals surface area (Å²) in [5.74, 6) is 0.0396. The third-order valence-corrected chi connectivity index (χ3v) is 5.27. The second-order valence-electron chi connectivity index (χ2n) is 7.34. The molecule has 2 saturated heterocycles. The monoisotopic (exact) mass is 386 g/mol. The maximum atomic E-state index is 12.2. The molecule has 0 bridgehead atoms. The number of amides is 1. The van der Waals surface area contributed by atoms with Gasteiger partial charge in [0.15, 0.2) is 0 Å². The normalized spacial score (nSPS) is 24.7. The molecule has 2 N–H and O–H groups in total. The summed E-state index contributed by atoms with van der Waals surface area (Å²) in [5, 5.41) is 7.07. The molecular weight excluding hydrogens is 359 g/mol. The Morgan fingerprint density at radius 2 is 1.84 bits per heavy atom. The second kappa shape index (κ2) is 9.19. The van der Waals surface area contributed by atoms with E-state index in [1.54, 1.807) is 12.1 Å². The van der Waals surface area contributed by atoms with Gasteiger partial charge in [0.05, 0.1) is 6.54 Å². The van der Waals surface area contributed by atoms with Crippen LogP contribution < -0.4 is 10.6 Å². The van der Waals surface area contributed by atoms with Gasteiger partial charge in [-0.25, -0.2) is 0 Å². The predicted molar refractivity (Wildman–Crippen MR) is 106 cm³/mol. The fourth-order valence-electron chi connectivity index (χ4n) is 3.59. The summed E-state index contributed by atoms with van der Waals surface area (Å²) < 4.78 is 0. The molecule has 140 valence electrons. The van der Waals surface area contributed by atoms with E-state index >= 15 is 0 Å². The highest BCUT2D eigenvalue weighted by molar-refractivity contribution is 6.30. The number of halogens is 2. The van der Waals surface area contributed by atoms with E-state index in [2.05, 4.69) is 27.4 Å². The van der Waals surface area contributed by atoms with E-state index < -0.39 is 0 Å². The summed E-state index contributed by atoms with van der Waals surface area (Å²) in [5.41, 5.74) is 1.21. The largest absolute Gasteiger partial charge is 0.325 e. The van der Waals surface area contributed by atoms with Crippen LogP contribution in [0.1, 0.15) is 13.3 Å². The third kappa shape index (κ3) is 6.12. The maximum absolute atomic E-state index is 12.2. The van der Waals surface area contributed by atoms with Crippen molar-refractivity contribution < 1.29 is 4.79 Å². The number of carbonyl (C=O) groups is 1. The van der Waals surface area contributed by atoms with E-state index in [1.165, 1.54) is 6.42 Å². The van der Waals surface area contributed by atoms with Crippen LogP contribution in [0.25, 0.3) is 0 Å².